The summed E-state index contributed by atoms with van der Waals surface area (Å²) < 4.78 is 7.63. The fraction of sp³-hybridized carbons (Fsp3) is 0.520. The SMILES string of the molecule is CCCCn1c(C)c2c(c1C)C(=O)N(CCN1CCN(c3ccccc3OC)CC1)C2=O. The first-order valence-electron chi connectivity index (χ1n) is 11.6. The number of benzene rings is 1. The van der Waals surface area contributed by atoms with E-state index in [-0.39, 0.29) is 11.8 Å². The second kappa shape index (κ2) is 9.36. The number of hydrogen-bond acceptors (Lipinski definition) is 5. The van der Waals surface area contributed by atoms with Gasteiger partial charge in [0, 0.05) is 57.2 Å². The van der Waals surface area contributed by atoms with Crippen LogP contribution in [0.4, 0.5) is 5.69 Å². The van der Waals surface area contributed by atoms with Crippen LogP contribution < -0.4 is 9.64 Å². The normalized spacial score (nSPS) is 16.8. The molecule has 2 aliphatic rings. The third-order valence-electron chi connectivity index (χ3n) is 6.87. The Bertz CT molecular complexity index is 965. The molecule has 0 saturated carbocycles. The third kappa shape index (κ3) is 3.90. The van der Waals surface area contributed by atoms with Crippen LogP contribution in [-0.4, -0.2) is 72.6 Å². The zero-order valence-corrected chi connectivity index (χ0v) is 19.7. The molecule has 0 unspecified atom stereocenters. The van der Waals surface area contributed by atoms with Crippen molar-refractivity contribution in [1.29, 1.82) is 0 Å². The molecule has 0 radical (unpaired) electrons. The van der Waals surface area contributed by atoms with Crippen LogP contribution >= 0.6 is 0 Å². The molecule has 2 aliphatic heterocycles. The van der Waals surface area contributed by atoms with Gasteiger partial charge in [-0.25, -0.2) is 0 Å². The topological polar surface area (TPSA) is 58.0 Å². The Labute approximate surface area is 190 Å². The molecule has 0 aliphatic carbocycles. The standard InChI is InChI=1S/C25H34N4O3/c1-5-6-11-28-18(2)22-23(19(28)3)25(31)29(24(22)30)17-14-26-12-15-27(16-13-26)20-9-7-8-10-21(20)32-4/h7-10H,5-6,11-17H2,1-4H3. The Hall–Kier alpha value is -2.80. The average molecular weight is 439 g/mol. The van der Waals surface area contributed by atoms with Gasteiger partial charge in [0.2, 0.25) is 0 Å². The van der Waals surface area contributed by atoms with Crippen LogP contribution in [0, 0.1) is 13.8 Å². The molecule has 0 atom stereocenters. The highest BCUT2D eigenvalue weighted by Gasteiger charge is 2.41. The summed E-state index contributed by atoms with van der Waals surface area (Å²) in [4.78, 5) is 32.3. The zero-order chi connectivity index (χ0) is 22.8. The summed E-state index contributed by atoms with van der Waals surface area (Å²) in [6, 6.07) is 8.09. The van der Waals surface area contributed by atoms with Gasteiger partial charge < -0.3 is 14.2 Å². The molecule has 1 fully saturated rings. The summed E-state index contributed by atoms with van der Waals surface area (Å²) >= 11 is 0. The maximum Gasteiger partial charge on any atom is 0.263 e. The Morgan fingerprint density at radius 1 is 0.875 bits per heavy atom. The monoisotopic (exact) mass is 438 g/mol. The largest absolute Gasteiger partial charge is 0.495 e. The van der Waals surface area contributed by atoms with Gasteiger partial charge in [-0.05, 0) is 32.4 Å². The highest BCUT2D eigenvalue weighted by atomic mass is 16.5. The number of carbonyl (C=O) groups is 2. The predicted molar refractivity (Wildman–Crippen MR) is 126 cm³/mol. The summed E-state index contributed by atoms with van der Waals surface area (Å²) in [5, 5.41) is 0. The molecule has 7 heteroatoms. The lowest BCUT2D eigenvalue weighted by molar-refractivity contribution is 0.0632. The molecule has 4 rings (SSSR count). The zero-order valence-electron chi connectivity index (χ0n) is 19.7. The van der Waals surface area contributed by atoms with Crippen LogP contribution in [-0.2, 0) is 6.54 Å². The van der Waals surface area contributed by atoms with Gasteiger partial charge in [0.1, 0.15) is 5.75 Å². The van der Waals surface area contributed by atoms with Gasteiger partial charge >= 0.3 is 0 Å². The summed E-state index contributed by atoms with van der Waals surface area (Å²) in [6.45, 7) is 11.6. The number of aromatic nitrogens is 1. The number of rotatable bonds is 8. The van der Waals surface area contributed by atoms with Gasteiger partial charge in [0.25, 0.3) is 11.8 Å². The van der Waals surface area contributed by atoms with E-state index in [4.69, 9.17) is 4.74 Å². The minimum atomic E-state index is -0.131. The van der Waals surface area contributed by atoms with Crippen molar-refractivity contribution in [3.63, 3.8) is 0 Å². The molecule has 32 heavy (non-hydrogen) atoms. The number of anilines is 1. The number of methoxy groups -OCH3 is 1. The molecule has 3 heterocycles. The van der Waals surface area contributed by atoms with E-state index in [1.54, 1.807) is 7.11 Å². The first-order valence-corrected chi connectivity index (χ1v) is 11.6. The first-order chi connectivity index (χ1) is 15.5. The van der Waals surface area contributed by atoms with E-state index in [0.29, 0.717) is 24.2 Å². The smallest absolute Gasteiger partial charge is 0.263 e. The molecule has 1 aromatic carbocycles. The van der Waals surface area contributed by atoms with E-state index in [1.807, 2.05) is 32.0 Å². The molecule has 1 saturated heterocycles. The molecule has 172 valence electrons. The number of fused-ring (bicyclic) bond motifs is 1. The number of piperazine rings is 1. The van der Waals surface area contributed by atoms with Crippen molar-refractivity contribution in [3.05, 3.63) is 46.8 Å². The Morgan fingerprint density at radius 2 is 1.50 bits per heavy atom. The quantitative estimate of drug-likeness (QED) is 0.592. The molecule has 7 nitrogen and oxygen atoms in total. The molecular weight excluding hydrogens is 404 g/mol. The van der Waals surface area contributed by atoms with E-state index in [2.05, 4.69) is 27.4 Å². The maximum atomic E-state index is 13.1. The van der Waals surface area contributed by atoms with Gasteiger partial charge in [-0.15, -0.1) is 0 Å². The molecule has 0 N–H and O–H groups in total. The van der Waals surface area contributed by atoms with E-state index in [0.717, 1.165) is 68.4 Å². The summed E-state index contributed by atoms with van der Waals surface area (Å²) in [6.07, 6.45) is 2.13. The Morgan fingerprint density at radius 3 is 2.09 bits per heavy atom. The van der Waals surface area contributed by atoms with Gasteiger partial charge in [0.15, 0.2) is 0 Å². The van der Waals surface area contributed by atoms with Crippen molar-refractivity contribution in [1.82, 2.24) is 14.4 Å². The lowest BCUT2D eigenvalue weighted by atomic mass is 10.1. The molecule has 2 amide bonds. The number of nitrogens with zero attached hydrogens (tertiary/aromatic N) is 4. The summed E-state index contributed by atoms with van der Waals surface area (Å²) in [5.74, 6) is 0.628. The van der Waals surface area contributed by atoms with E-state index in [9.17, 15) is 9.59 Å². The van der Waals surface area contributed by atoms with Crippen molar-refractivity contribution in [2.45, 2.75) is 40.2 Å². The molecule has 1 aromatic heterocycles. The molecule has 0 spiro atoms. The van der Waals surface area contributed by atoms with E-state index >= 15 is 0 Å². The molecule has 0 bridgehead atoms. The maximum absolute atomic E-state index is 13.1. The van der Waals surface area contributed by atoms with Crippen LogP contribution in [0.5, 0.6) is 5.75 Å². The Balaban J connectivity index is 1.36. The van der Waals surface area contributed by atoms with Crippen molar-refractivity contribution in [2.75, 3.05) is 51.3 Å². The molecular formula is C25H34N4O3. The second-order valence-electron chi connectivity index (χ2n) is 8.69. The minimum Gasteiger partial charge on any atom is -0.495 e. The highest BCUT2D eigenvalue weighted by molar-refractivity contribution is 6.22. The Kier molecular flexibility index (Phi) is 6.55. The van der Waals surface area contributed by atoms with Crippen molar-refractivity contribution in [2.24, 2.45) is 0 Å². The first kappa shape index (κ1) is 22.4. The number of imide groups is 1. The summed E-state index contributed by atoms with van der Waals surface area (Å²) in [7, 11) is 1.70. The predicted octanol–water partition coefficient (Wildman–Crippen LogP) is 3.33. The van der Waals surface area contributed by atoms with Crippen LogP contribution in [0.1, 0.15) is 51.9 Å². The number of hydrogen-bond donors (Lipinski definition) is 0. The van der Waals surface area contributed by atoms with Crippen LogP contribution in [0.2, 0.25) is 0 Å². The summed E-state index contributed by atoms with van der Waals surface area (Å²) in [5.41, 5.74) is 4.20. The fourth-order valence-electron chi connectivity index (χ4n) is 4.97. The second-order valence-corrected chi connectivity index (χ2v) is 8.69. The van der Waals surface area contributed by atoms with Crippen LogP contribution in [0.3, 0.4) is 0 Å². The molecule has 2 aromatic rings. The van der Waals surface area contributed by atoms with Crippen LogP contribution in [0.15, 0.2) is 24.3 Å². The lowest BCUT2D eigenvalue weighted by Crippen LogP contribution is -2.49. The van der Waals surface area contributed by atoms with Gasteiger partial charge in [-0.1, -0.05) is 25.5 Å². The van der Waals surface area contributed by atoms with Gasteiger partial charge in [-0.3, -0.25) is 19.4 Å². The fourth-order valence-corrected chi connectivity index (χ4v) is 4.97. The number of ether oxygens (including phenoxy) is 1. The number of para-hydroxylation sites is 2. The van der Waals surface area contributed by atoms with Gasteiger partial charge in [0.05, 0.1) is 23.9 Å². The number of amides is 2. The third-order valence-corrected chi connectivity index (χ3v) is 6.87. The van der Waals surface area contributed by atoms with Crippen molar-refractivity contribution >= 4 is 17.5 Å². The highest BCUT2D eigenvalue weighted by Crippen LogP contribution is 2.32. The van der Waals surface area contributed by atoms with E-state index in [1.165, 1.54) is 4.90 Å². The van der Waals surface area contributed by atoms with E-state index < -0.39 is 0 Å². The van der Waals surface area contributed by atoms with Crippen molar-refractivity contribution in [3.8, 4) is 5.75 Å². The lowest BCUT2D eigenvalue weighted by Gasteiger charge is -2.37. The number of carbonyl (C=O) groups excluding carboxylic acids is 2. The van der Waals surface area contributed by atoms with Crippen molar-refractivity contribution < 1.29 is 14.3 Å². The van der Waals surface area contributed by atoms with Gasteiger partial charge in [-0.2, -0.15) is 0 Å². The van der Waals surface area contributed by atoms with Crippen LogP contribution in [0.25, 0.3) is 0 Å². The number of unbranched alkanes of at least 4 members (excludes halogenated alkanes) is 1. The minimum absolute atomic E-state index is 0.131. The average Bonchev–Trinajstić information content (AvgIpc) is 3.22.